The van der Waals surface area contributed by atoms with Crippen molar-refractivity contribution in [3.05, 3.63) is 35.4 Å². The number of hydrogen-bond acceptors (Lipinski definition) is 3. The Morgan fingerprint density at radius 3 is 2.58 bits per heavy atom. The first-order valence-electron chi connectivity index (χ1n) is 5.75. The smallest absolute Gasteiger partial charge is 0.230 e. The van der Waals surface area contributed by atoms with Gasteiger partial charge in [0.2, 0.25) is 5.91 Å². The number of thioether (sulfide) groups is 1. The molecule has 1 aromatic carbocycles. The van der Waals surface area contributed by atoms with Crippen LogP contribution in [0.5, 0.6) is 0 Å². The van der Waals surface area contributed by atoms with Crippen LogP contribution in [0.15, 0.2) is 18.2 Å². The molecule has 0 fully saturated rings. The standard InChI is InChI=1S/C13H15F2NO2S/c1-8(2)16-13(18)7-19-6-12(17)10-5-9(14)3-4-11(10)15/h3-5,8H,6-7H2,1-2H3,(H,16,18). The van der Waals surface area contributed by atoms with Gasteiger partial charge in [-0.1, -0.05) is 0 Å². The molecule has 1 N–H and O–H groups in total. The highest BCUT2D eigenvalue weighted by Crippen LogP contribution is 2.13. The van der Waals surface area contributed by atoms with Gasteiger partial charge >= 0.3 is 0 Å². The van der Waals surface area contributed by atoms with E-state index in [1.165, 1.54) is 0 Å². The maximum absolute atomic E-state index is 13.3. The molecule has 0 atom stereocenters. The van der Waals surface area contributed by atoms with Crippen LogP contribution in [-0.4, -0.2) is 29.2 Å². The number of ketones is 1. The van der Waals surface area contributed by atoms with Crippen LogP contribution >= 0.6 is 11.8 Å². The maximum atomic E-state index is 13.3. The summed E-state index contributed by atoms with van der Waals surface area (Å²) in [4.78, 5) is 23.0. The zero-order valence-electron chi connectivity index (χ0n) is 10.7. The summed E-state index contributed by atoms with van der Waals surface area (Å²) >= 11 is 1.07. The van der Waals surface area contributed by atoms with Crippen molar-refractivity contribution in [3.63, 3.8) is 0 Å². The van der Waals surface area contributed by atoms with Crippen molar-refractivity contribution in [2.24, 2.45) is 0 Å². The molecular weight excluding hydrogens is 272 g/mol. The summed E-state index contributed by atoms with van der Waals surface area (Å²) < 4.78 is 26.2. The lowest BCUT2D eigenvalue weighted by Gasteiger charge is -2.07. The van der Waals surface area contributed by atoms with Crippen molar-refractivity contribution < 1.29 is 18.4 Å². The fraction of sp³-hybridized carbons (Fsp3) is 0.385. The molecule has 104 valence electrons. The molecule has 0 aromatic heterocycles. The van der Waals surface area contributed by atoms with Crippen LogP contribution in [0.25, 0.3) is 0 Å². The summed E-state index contributed by atoms with van der Waals surface area (Å²) in [5.41, 5.74) is -0.281. The summed E-state index contributed by atoms with van der Waals surface area (Å²) in [5.74, 6) is -2.08. The van der Waals surface area contributed by atoms with Crippen LogP contribution in [0.2, 0.25) is 0 Å². The number of hydrogen-bond donors (Lipinski definition) is 1. The predicted octanol–water partition coefficient (Wildman–Crippen LogP) is 2.41. The number of nitrogens with one attached hydrogen (secondary N) is 1. The number of carbonyl (C=O) groups excluding carboxylic acids is 2. The number of benzene rings is 1. The highest BCUT2D eigenvalue weighted by molar-refractivity contribution is 8.00. The van der Waals surface area contributed by atoms with E-state index in [0.717, 1.165) is 30.0 Å². The molecule has 0 aliphatic heterocycles. The molecule has 0 aliphatic carbocycles. The van der Waals surface area contributed by atoms with Crippen molar-refractivity contribution in [3.8, 4) is 0 Å². The first kappa shape index (κ1) is 15.6. The molecule has 0 heterocycles. The van der Waals surface area contributed by atoms with Crippen LogP contribution in [0, 0.1) is 11.6 Å². The zero-order chi connectivity index (χ0) is 14.4. The Kier molecular flexibility index (Phi) is 5.95. The van der Waals surface area contributed by atoms with Gasteiger partial charge in [0.25, 0.3) is 0 Å². The van der Waals surface area contributed by atoms with Crippen molar-refractivity contribution in [1.82, 2.24) is 5.32 Å². The molecule has 3 nitrogen and oxygen atoms in total. The van der Waals surface area contributed by atoms with E-state index in [1.54, 1.807) is 0 Å². The van der Waals surface area contributed by atoms with Gasteiger partial charge in [-0.15, -0.1) is 11.8 Å². The monoisotopic (exact) mass is 287 g/mol. The number of rotatable bonds is 6. The van der Waals surface area contributed by atoms with Crippen molar-refractivity contribution >= 4 is 23.5 Å². The zero-order valence-corrected chi connectivity index (χ0v) is 11.5. The average molecular weight is 287 g/mol. The molecule has 6 heteroatoms. The summed E-state index contributed by atoms with van der Waals surface area (Å²) in [6.45, 7) is 3.66. The summed E-state index contributed by atoms with van der Waals surface area (Å²) in [5, 5.41) is 2.67. The van der Waals surface area contributed by atoms with Gasteiger partial charge in [0.05, 0.1) is 17.1 Å². The molecule has 0 saturated heterocycles. The molecule has 1 amide bonds. The molecular formula is C13H15F2NO2S. The van der Waals surface area contributed by atoms with E-state index in [4.69, 9.17) is 0 Å². The topological polar surface area (TPSA) is 46.2 Å². The van der Waals surface area contributed by atoms with Crippen molar-refractivity contribution in [1.29, 1.82) is 0 Å². The summed E-state index contributed by atoms with van der Waals surface area (Å²) in [6, 6.07) is 2.77. The molecule has 1 rings (SSSR count). The Labute approximate surface area is 114 Å². The van der Waals surface area contributed by atoms with E-state index in [2.05, 4.69) is 5.32 Å². The quantitative estimate of drug-likeness (QED) is 0.817. The van der Waals surface area contributed by atoms with Crippen LogP contribution in [0.1, 0.15) is 24.2 Å². The Morgan fingerprint density at radius 2 is 1.95 bits per heavy atom. The molecule has 0 aliphatic rings. The second-order valence-electron chi connectivity index (χ2n) is 4.26. The molecule has 0 radical (unpaired) electrons. The van der Waals surface area contributed by atoms with Gasteiger partial charge < -0.3 is 5.32 Å². The molecule has 0 spiro atoms. The highest BCUT2D eigenvalue weighted by atomic mass is 32.2. The lowest BCUT2D eigenvalue weighted by molar-refractivity contribution is -0.119. The molecule has 0 bridgehead atoms. The van der Waals surface area contributed by atoms with E-state index in [-0.39, 0.29) is 29.0 Å². The Bertz CT molecular complexity index is 478. The minimum atomic E-state index is -0.751. The number of carbonyl (C=O) groups is 2. The second kappa shape index (κ2) is 7.23. The summed E-state index contributed by atoms with van der Waals surface area (Å²) in [6.07, 6.45) is 0. The maximum Gasteiger partial charge on any atom is 0.230 e. The first-order chi connectivity index (χ1) is 8.90. The third kappa shape index (κ3) is 5.38. The van der Waals surface area contributed by atoms with Crippen LogP contribution in [0.3, 0.4) is 0 Å². The third-order valence-corrected chi connectivity index (χ3v) is 3.08. The SMILES string of the molecule is CC(C)NC(=O)CSCC(=O)c1cc(F)ccc1F. The van der Waals surface area contributed by atoms with E-state index in [1.807, 2.05) is 13.8 Å². The predicted molar refractivity (Wildman–Crippen MR) is 71.3 cm³/mol. The molecule has 0 saturated carbocycles. The third-order valence-electron chi connectivity index (χ3n) is 2.14. The van der Waals surface area contributed by atoms with E-state index in [0.29, 0.717) is 0 Å². The van der Waals surface area contributed by atoms with Gasteiger partial charge in [0.1, 0.15) is 11.6 Å². The van der Waals surface area contributed by atoms with E-state index in [9.17, 15) is 18.4 Å². The number of halogens is 2. The van der Waals surface area contributed by atoms with Gasteiger partial charge in [0, 0.05) is 6.04 Å². The van der Waals surface area contributed by atoms with Crippen molar-refractivity contribution in [2.75, 3.05) is 11.5 Å². The lowest BCUT2D eigenvalue weighted by Crippen LogP contribution is -2.31. The Balaban J connectivity index is 2.48. The Morgan fingerprint density at radius 1 is 1.26 bits per heavy atom. The van der Waals surface area contributed by atoms with Crippen LogP contribution < -0.4 is 5.32 Å². The average Bonchev–Trinajstić information content (AvgIpc) is 2.31. The van der Waals surface area contributed by atoms with Gasteiger partial charge in [-0.05, 0) is 32.0 Å². The van der Waals surface area contributed by atoms with Gasteiger partial charge in [-0.2, -0.15) is 0 Å². The highest BCUT2D eigenvalue weighted by Gasteiger charge is 2.13. The second-order valence-corrected chi connectivity index (χ2v) is 5.25. The molecule has 19 heavy (non-hydrogen) atoms. The number of amides is 1. The van der Waals surface area contributed by atoms with Crippen molar-refractivity contribution in [2.45, 2.75) is 19.9 Å². The fourth-order valence-corrected chi connectivity index (χ4v) is 2.10. The lowest BCUT2D eigenvalue weighted by atomic mass is 10.1. The number of Topliss-reactive ketones (excluding diaryl/α,β-unsaturated/α-hetero) is 1. The molecule has 0 unspecified atom stereocenters. The van der Waals surface area contributed by atoms with Crippen LogP contribution in [0.4, 0.5) is 8.78 Å². The van der Waals surface area contributed by atoms with Gasteiger partial charge in [-0.3, -0.25) is 9.59 Å². The first-order valence-corrected chi connectivity index (χ1v) is 6.91. The van der Waals surface area contributed by atoms with Gasteiger partial charge in [0.15, 0.2) is 5.78 Å². The minimum absolute atomic E-state index is 0.0319. The molecule has 1 aromatic rings. The van der Waals surface area contributed by atoms with E-state index < -0.39 is 17.4 Å². The van der Waals surface area contributed by atoms with Gasteiger partial charge in [-0.25, -0.2) is 8.78 Å². The summed E-state index contributed by atoms with van der Waals surface area (Å²) in [7, 11) is 0. The normalized spacial score (nSPS) is 10.6. The fourth-order valence-electron chi connectivity index (χ4n) is 1.39. The largest absolute Gasteiger partial charge is 0.353 e. The van der Waals surface area contributed by atoms with E-state index >= 15 is 0 Å². The Hall–Kier alpha value is -1.43. The van der Waals surface area contributed by atoms with Crippen LogP contribution in [-0.2, 0) is 4.79 Å². The minimum Gasteiger partial charge on any atom is -0.353 e.